The number of cyclic esters (lactones) is 1. The van der Waals surface area contributed by atoms with Crippen molar-refractivity contribution in [2.45, 2.75) is 0 Å². The van der Waals surface area contributed by atoms with Crippen LogP contribution in [-0.4, -0.2) is 40.0 Å². The van der Waals surface area contributed by atoms with Gasteiger partial charge in [0.2, 0.25) is 18.4 Å². The van der Waals surface area contributed by atoms with Gasteiger partial charge in [-0.2, -0.15) is 0 Å². The van der Waals surface area contributed by atoms with Crippen LogP contribution < -0.4 is 23.7 Å². The van der Waals surface area contributed by atoms with Crippen LogP contribution in [0.2, 0.25) is 0 Å². The van der Waals surface area contributed by atoms with E-state index >= 15 is 0 Å². The lowest BCUT2D eigenvalue weighted by atomic mass is 10.1. The van der Waals surface area contributed by atoms with Crippen LogP contribution in [0.5, 0.6) is 28.7 Å². The van der Waals surface area contributed by atoms with Crippen LogP contribution in [0, 0.1) is 0 Å². The maximum absolute atomic E-state index is 12.3. The lowest BCUT2D eigenvalue weighted by molar-refractivity contribution is -0.129. The van der Waals surface area contributed by atoms with Crippen LogP contribution >= 0.6 is 0 Å². The van der Waals surface area contributed by atoms with E-state index in [0.29, 0.717) is 39.9 Å². The summed E-state index contributed by atoms with van der Waals surface area (Å²) < 4.78 is 31.9. The van der Waals surface area contributed by atoms with Gasteiger partial charge in [0, 0.05) is 5.56 Å². The fourth-order valence-electron chi connectivity index (χ4n) is 2.90. The van der Waals surface area contributed by atoms with Crippen molar-refractivity contribution < 1.29 is 33.2 Å². The highest BCUT2D eigenvalue weighted by molar-refractivity contribution is 6.13. The van der Waals surface area contributed by atoms with Gasteiger partial charge in [-0.1, -0.05) is 0 Å². The van der Waals surface area contributed by atoms with Gasteiger partial charge in [-0.15, -0.1) is 0 Å². The summed E-state index contributed by atoms with van der Waals surface area (Å²) >= 11 is 0. The lowest BCUT2D eigenvalue weighted by Gasteiger charge is -2.12. The van der Waals surface area contributed by atoms with Crippen molar-refractivity contribution in [2.75, 3.05) is 28.1 Å². The van der Waals surface area contributed by atoms with Gasteiger partial charge in [0.05, 0.1) is 21.3 Å². The van der Waals surface area contributed by atoms with Crippen LogP contribution in [0.15, 0.2) is 41.0 Å². The Balaban J connectivity index is 1.69. The van der Waals surface area contributed by atoms with Gasteiger partial charge in [0.1, 0.15) is 0 Å². The van der Waals surface area contributed by atoms with Gasteiger partial charge >= 0.3 is 5.97 Å². The van der Waals surface area contributed by atoms with Crippen LogP contribution in [0.4, 0.5) is 0 Å². The van der Waals surface area contributed by atoms with Gasteiger partial charge in [-0.05, 0) is 42.0 Å². The number of aliphatic imine (C=N–C) groups is 1. The molecular formula is C20H17NO7. The van der Waals surface area contributed by atoms with Gasteiger partial charge < -0.3 is 28.4 Å². The molecule has 8 heteroatoms. The Kier molecular flexibility index (Phi) is 4.52. The molecule has 2 aliphatic heterocycles. The zero-order valence-corrected chi connectivity index (χ0v) is 15.5. The third-order valence-electron chi connectivity index (χ3n) is 4.23. The quantitative estimate of drug-likeness (QED) is 0.580. The summed E-state index contributed by atoms with van der Waals surface area (Å²) in [6.07, 6.45) is 1.59. The summed E-state index contributed by atoms with van der Waals surface area (Å²) in [6.45, 7) is 0.164. The number of ether oxygens (including phenoxy) is 6. The number of hydrogen-bond donors (Lipinski definition) is 0. The van der Waals surface area contributed by atoms with Crippen molar-refractivity contribution in [2.24, 2.45) is 4.99 Å². The van der Waals surface area contributed by atoms with E-state index in [1.807, 2.05) is 0 Å². The number of methoxy groups -OCH3 is 3. The molecule has 0 spiro atoms. The fraction of sp³-hybridized carbons (Fsp3) is 0.200. The Bertz CT molecular complexity index is 985. The SMILES string of the molecule is COc1cc(C=C2N=C(c3ccc4c(c3)OCO4)OC2=O)cc(OC)c1OC. The van der Waals surface area contributed by atoms with E-state index in [0.717, 1.165) is 0 Å². The standard InChI is InChI=1S/C20H17NO7/c1-23-16-7-11(8-17(24-2)18(16)25-3)6-13-20(22)28-19(21-13)12-4-5-14-15(9-12)27-10-26-14/h4-9H,10H2,1-3H3. The highest BCUT2D eigenvalue weighted by Gasteiger charge is 2.26. The Morgan fingerprint density at radius 3 is 2.36 bits per heavy atom. The second-order valence-electron chi connectivity index (χ2n) is 5.86. The summed E-state index contributed by atoms with van der Waals surface area (Å²) in [6, 6.07) is 8.65. The number of esters is 1. The van der Waals surface area contributed by atoms with E-state index in [4.69, 9.17) is 28.4 Å². The molecule has 0 amide bonds. The zero-order chi connectivity index (χ0) is 19.7. The number of hydrogen-bond acceptors (Lipinski definition) is 8. The molecule has 0 aromatic heterocycles. The van der Waals surface area contributed by atoms with E-state index in [2.05, 4.69) is 4.99 Å². The minimum Gasteiger partial charge on any atom is -0.493 e. The molecule has 0 N–H and O–H groups in total. The molecular weight excluding hydrogens is 366 g/mol. The summed E-state index contributed by atoms with van der Waals surface area (Å²) in [5.41, 5.74) is 1.42. The predicted molar refractivity (Wildman–Crippen MR) is 99.3 cm³/mol. The molecule has 0 radical (unpaired) electrons. The second kappa shape index (κ2) is 7.15. The third-order valence-corrected chi connectivity index (χ3v) is 4.23. The Labute approximate surface area is 160 Å². The first-order valence-electron chi connectivity index (χ1n) is 8.35. The Morgan fingerprint density at radius 2 is 1.68 bits per heavy atom. The minimum absolute atomic E-state index is 0.155. The van der Waals surface area contributed by atoms with Gasteiger partial charge in [-0.3, -0.25) is 0 Å². The molecule has 2 aromatic rings. The molecule has 0 saturated heterocycles. The molecule has 2 aliphatic rings. The zero-order valence-electron chi connectivity index (χ0n) is 15.5. The lowest BCUT2D eigenvalue weighted by Crippen LogP contribution is -2.05. The monoisotopic (exact) mass is 383 g/mol. The largest absolute Gasteiger partial charge is 0.493 e. The van der Waals surface area contributed by atoms with E-state index < -0.39 is 5.97 Å². The number of rotatable bonds is 5. The first-order chi connectivity index (χ1) is 13.6. The molecule has 0 aliphatic carbocycles. The molecule has 0 fully saturated rings. The molecule has 2 aromatic carbocycles. The average molecular weight is 383 g/mol. The van der Waals surface area contributed by atoms with Crippen molar-refractivity contribution >= 4 is 17.9 Å². The van der Waals surface area contributed by atoms with Gasteiger partial charge in [-0.25, -0.2) is 9.79 Å². The van der Waals surface area contributed by atoms with Gasteiger partial charge in [0.15, 0.2) is 28.7 Å². The molecule has 0 bridgehead atoms. The van der Waals surface area contributed by atoms with Crippen LogP contribution in [0.3, 0.4) is 0 Å². The predicted octanol–water partition coefficient (Wildman–Crippen LogP) is 2.79. The molecule has 144 valence electrons. The molecule has 8 nitrogen and oxygen atoms in total. The van der Waals surface area contributed by atoms with E-state index in [-0.39, 0.29) is 18.4 Å². The molecule has 4 rings (SSSR count). The molecule has 0 saturated carbocycles. The number of nitrogens with zero attached hydrogens (tertiary/aromatic N) is 1. The minimum atomic E-state index is -0.554. The average Bonchev–Trinajstić information content (AvgIpc) is 3.33. The van der Waals surface area contributed by atoms with Crippen molar-refractivity contribution in [1.29, 1.82) is 0 Å². The molecule has 0 unspecified atom stereocenters. The topological polar surface area (TPSA) is 84.8 Å². The molecule has 28 heavy (non-hydrogen) atoms. The summed E-state index contributed by atoms with van der Waals surface area (Å²) in [5, 5.41) is 0. The summed E-state index contributed by atoms with van der Waals surface area (Å²) in [5.74, 6) is 2.27. The summed E-state index contributed by atoms with van der Waals surface area (Å²) in [7, 11) is 4.57. The van der Waals surface area contributed by atoms with Crippen LogP contribution in [0.25, 0.3) is 6.08 Å². The number of carbonyl (C=O) groups is 1. The van der Waals surface area contributed by atoms with Crippen molar-refractivity contribution in [3.8, 4) is 28.7 Å². The highest BCUT2D eigenvalue weighted by Crippen LogP contribution is 2.39. The molecule has 2 heterocycles. The van der Waals surface area contributed by atoms with E-state index in [9.17, 15) is 4.79 Å². The van der Waals surface area contributed by atoms with Crippen LogP contribution in [-0.2, 0) is 9.53 Å². The number of carbonyl (C=O) groups excluding carboxylic acids is 1. The Hall–Kier alpha value is -3.68. The first kappa shape index (κ1) is 17.7. The smallest absolute Gasteiger partial charge is 0.363 e. The van der Waals surface area contributed by atoms with E-state index in [1.165, 1.54) is 21.3 Å². The normalized spacial score (nSPS) is 16.0. The van der Waals surface area contributed by atoms with E-state index in [1.54, 1.807) is 36.4 Å². The second-order valence-corrected chi connectivity index (χ2v) is 5.86. The maximum atomic E-state index is 12.3. The molecule has 0 atom stereocenters. The first-order valence-corrected chi connectivity index (χ1v) is 8.35. The van der Waals surface area contributed by atoms with Gasteiger partial charge in [0.25, 0.3) is 0 Å². The van der Waals surface area contributed by atoms with Crippen LogP contribution in [0.1, 0.15) is 11.1 Å². The van der Waals surface area contributed by atoms with Crippen molar-refractivity contribution in [3.05, 3.63) is 47.2 Å². The van der Waals surface area contributed by atoms with Crippen molar-refractivity contribution in [1.82, 2.24) is 0 Å². The Morgan fingerprint density at radius 1 is 0.964 bits per heavy atom. The highest BCUT2D eigenvalue weighted by atomic mass is 16.7. The third kappa shape index (κ3) is 3.09. The summed E-state index contributed by atoms with van der Waals surface area (Å²) in [4.78, 5) is 16.6. The fourth-order valence-corrected chi connectivity index (χ4v) is 2.90. The number of fused-ring (bicyclic) bond motifs is 1. The van der Waals surface area contributed by atoms with Crippen molar-refractivity contribution in [3.63, 3.8) is 0 Å². The maximum Gasteiger partial charge on any atom is 0.363 e. The number of benzene rings is 2.